The van der Waals surface area contributed by atoms with E-state index >= 15 is 0 Å². The van der Waals surface area contributed by atoms with Gasteiger partial charge in [-0.25, -0.2) is 4.98 Å². The quantitative estimate of drug-likeness (QED) is 0.269. The summed E-state index contributed by atoms with van der Waals surface area (Å²) in [5.41, 5.74) is 5.75. The maximum Gasteiger partial charge on any atom is 0.433 e. The van der Waals surface area contributed by atoms with Gasteiger partial charge in [0.15, 0.2) is 11.5 Å². The number of pyridine rings is 1. The molecule has 0 saturated heterocycles. The Morgan fingerprint density at radius 2 is 1.94 bits per heavy atom. The summed E-state index contributed by atoms with van der Waals surface area (Å²) in [4.78, 5) is 12.4. The number of benzene rings is 1. The van der Waals surface area contributed by atoms with Crippen LogP contribution in [0.3, 0.4) is 0 Å². The van der Waals surface area contributed by atoms with Crippen LogP contribution in [-0.4, -0.2) is 50.0 Å². The normalized spacial score (nSPS) is 15.6. The van der Waals surface area contributed by atoms with Crippen molar-refractivity contribution in [3.8, 4) is 11.5 Å². The molecule has 1 saturated carbocycles. The molecule has 0 amide bonds. The van der Waals surface area contributed by atoms with Crippen molar-refractivity contribution in [1.82, 2.24) is 10.3 Å². The summed E-state index contributed by atoms with van der Waals surface area (Å²) in [5, 5.41) is 3.04. The first-order valence-electron chi connectivity index (χ1n) is 11.6. The number of nitrogens with one attached hydrogen (secondary N) is 1. The molecule has 1 aromatic heterocycles. The van der Waals surface area contributed by atoms with Gasteiger partial charge in [0.05, 0.1) is 37.2 Å². The van der Waals surface area contributed by atoms with Crippen molar-refractivity contribution in [3.05, 3.63) is 41.2 Å². The highest BCUT2D eigenvalue weighted by atomic mass is 19.4. The number of hydrogen-bond donors (Lipinski definition) is 2. The smallest absolute Gasteiger partial charge is 0.433 e. The fraction of sp³-hybridized carbons (Fsp3) is 0.480. The van der Waals surface area contributed by atoms with Crippen LogP contribution >= 0.6 is 0 Å². The van der Waals surface area contributed by atoms with Gasteiger partial charge in [-0.1, -0.05) is 0 Å². The van der Waals surface area contributed by atoms with E-state index in [1.165, 1.54) is 19.6 Å². The summed E-state index contributed by atoms with van der Waals surface area (Å²) in [6, 6.07) is 5.63. The Labute approximate surface area is 208 Å². The number of rotatable bonds is 10. The highest BCUT2D eigenvalue weighted by molar-refractivity contribution is 6.04. The zero-order valence-corrected chi connectivity index (χ0v) is 20.9. The lowest BCUT2D eigenvalue weighted by Crippen LogP contribution is -2.37. The molecule has 1 heterocycles. The predicted octanol–water partition coefficient (Wildman–Crippen LogP) is 4.92. The van der Waals surface area contributed by atoms with Gasteiger partial charge in [0.1, 0.15) is 18.1 Å². The Bertz CT molecular complexity index is 1110. The van der Waals surface area contributed by atoms with Crippen LogP contribution in [-0.2, 0) is 17.5 Å². The van der Waals surface area contributed by atoms with Crippen LogP contribution in [0.5, 0.6) is 11.5 Å². The van der Waals surface area contributed by atoms with Crippen molar-refractivity contribution >= 4 is 23.4 Å². The van der Waals surface area contributed by atoms with Crippen LogP contribution in [0.15, 0.2) is 34.3 Å². The average Bonchev–Trinajstić information content (AvgIpc) is 2.81. The van der Waals surface area contributed by atoms with E-state index in [1.807, 2.05) is 0 Å². The highest BCUT2D eigenvalue weighted by Crippen LogP contribution is 2.37. The van der Waals surface area contributed by atoms with E-state index in [4.69, 9.17) is 19.9 Å². The molecule has 11 heteroatoms. The van der Waals surface area contributed by atoms with E-state index in [2.05, 4.69) is 27.2 Å². The number of anilines is 1. The number of alkyl halides is 3. The molecule has 0 spiro atoms. The van der Waals surface area contributed by atoms with Crippen molar-refractivity contribution in [2.24, 2.45) is 9.98 Å². The number of methoxy groups -OCH3 is 1. The van der Waals surface area contributed by atoms with Crippen molar-refractivity contribution in [1.29, 1.82) is 0 Å². The zero-order valence-electron chi connectivity index (χ0n) is 20.9. The topological polar surface area (TPSA) is 103 Å². The number of amidine groups is 1. The van der Waals surface area contributed by atoms with E-state index in [0.29, 0.717) is 41.8 Å². The number of nitrogen functional groups attached to an aromatic ring is 1. The Morgan fingerprint density at radius 3 is 2.53 bits per heavy atom. The van der Waals surface area contributed by atoms with Crippen molar-refractivity contribution < 1.29 is 27.4 Å². The minimum atomic E-state index is -4.60. The monoisotopic (exact) mass is 507 g/mol. The number of hydrogen-bond acceptors (Lipinski definition) is 7. The summed E-state index contributed by atoms with van der Waals surface area (Å²) >= 11 is 0. The molecular weight excluding hydrogens is 475 g/mol. The lowest BCUT2D eigenvalue weighted by Gasteiger charge is -2.38. The van der Waals surface area contributed by atoms with Crippen LogP contribution < -0.4 is 20.5 Å². The molecule has 1 aromatic carbocycles. The number of nitrogens with two attached hydrogens (primary N) is 1. The SMILES string of the molecule is C/C=N/c1cc(OC)c(OCCOC2(C)CCC2)cc1/C(=N\C)NCc1cc(N)cc(C(F)(F)F)n1. The van der Waals surface area contributed by atoms with E-state index in [-0.39, 0.29) is 23.5 Å². The first-order valence-corrected chi connectivity index (χ1v) is 11.6. The standard InChI is InChI=1S/C25H32F3N5O3/c1-5-31-19-14-20(34-4)21(35-9-10-36-24(2)7-6-8-24)13-18(19)23(30-3)32-15-17-11-16(29)12-22(33-17)25(26,27)28/h5,11-14H,6-10,15H2,1-4H3,(H2,29,33)(H,30,32)/b31-5+. The van der Waals surface area contributed by atoms with Gasteiger partial charge >= 0.3 is 6.18 Å². The third-order valence-electron chi connectivity index (χ3n) is 5.86. The van der Waals surface area contributed by atoms with Crippen LogP contribution in [0.4, 0.5) is 24.5 Å². The summed E-state index contributed by atoms with van der Waals surface area (Å²) in [5.74, 6) is 1.34. The van der Waals surface area contributed by atoms with Crippen molar-refractivity contribution in [3.63, 3.8) is 0 Å². The number of nitrogens with zero attached hydrogens (tertiary/aromatic N) is 3. The summed E-state index contributed by atoms with van der Waals surface area (Å²) in [7, 11) is 3.09. The number of halogens is 3. The highest BCUT2D eigenvalue weighted by Gasteiger charge is 2.33. The molecule has 3 rings (SSSR count). The average molecular weight is 508 g/mol. The Kier molecular flexibility index (Phi) is 8.78. The molecule has 3 N–H and O–H groups in total. The van der Waals surface area contributed by atoms with Gasteiger partial charge in [0.25, 0.3) is 0 Å². The molecule has 0 unspecified atom stereocenters. The molecule has 0 bridgehead atoms. The van der Waals surface area contributed by atoms with Crippen molar-refractivity contribution in [2.75, 3.05) is 33.1 Å². The third-order valence-corrected chi connectivity index (χ3v) is 5.86. The molecule has 1 aliphatic carbocycles. The molecule has 0 aliphatic heterocycles. The van der Waals surface area contributed by atoms with Gasteiger partial charge in [-0.05, 0) is 51.3 Å². The molecule has 36 heavy (non-hydrogen) atoms. The molecule has 1 fully saturated rings. The van der Waals surface area contributed by atoms with E-state index in [1.54, 1.807) is 32.3 Å². The second-order valence-corrected chi connectivity index (χ2v) is 8.61. The molecular formula is C25H32F3N5O3. The number of aromatic nitrogens is 1. The molecule has 0 radical (unpaired) electrons. The Morgan fingerprint density at radius 1 is 1.19 bits per heavy atom. The number of aliphatic imine (C=N–C) groups is 2. The summed E-state index contributed by atoms with van der Waals surface area (Å²) < 4.78 is 56.8. The predicted molar refractivity (Wildman–Crippen MR) is 133 cm³/mol. The molecule has 196 valence electrons. The first-order chi connectivity index (χ1) is 17.1. The minimum absolute atomic E-state index is 0.0292. The molecule has 8 nitrogen and oxygen atoms in total. The van der Waals surface area contributed by atoms with E-state index in [9.17, 15) is 13.2 Å². The van der Waals surface area contributed by atoms with Gasteiger partial charge in [-0.2, -0.15) is 13.2 Å². The van der Waals surface area contributed by atoms with E-state index < -0.39 is 11.9 Å². The Hall–Kier alpha value is -3.34. The Balaban J connectivity index is 1.81. The molecule has 0 atom stereocenters. The molecule has 2 aromatic rings. The van der Waals surface area contributed by atoms with Gasteiger partial charge in [-0.3, -0.25) is 9.98 Å². The maximum atomic E-state index is 13.1. The fourth-order valence-electron chi connectivity index (χ4n) is 3.83. The summed E-state index contributed by atoms with van der Waals surface area (Å²) in [6.07, 6.45) is 0.269. The summed E-state index contributed by atoms with van der Waals surface area (Å²) in [6.45, 7) is 4.57. The first kappa shape index (κ1) is 27.3. The lowest BCUT2D eigenvalue weighted by atomic mass is 9.82. The maximum absolute atomic E-state index is 13.1. The second-order valence-electron chi connectivity index (χ2n) is 8.61. The fourth-order valence-corrected chi connectivity index (χ4v) is 3.83. The number of ether oxygens (including phenoxy) is 3. The largest absolute Gasteiger partial charge is 0.493 e. The van der Waals surface area contributed by atoms with Crippen LogP contribution in [0.1, 0.15) is 50.1 Å². The van der Waals surface area contributed by atoms with Crippen molar-refractivity contribution in [2.45, 2.75) is 51.4 Å². The minimum Gasteiger partial charge on any atom is -0.493 e. The van der Waals surface area contributed by atoms with Crippen LogP contribution in [0.2, 0.25) is 0 Å². The lowest BCUT2D eigenvalue weighted by molar-refractivity contribution is -0.141. The van der Waals surface area contributed by atoms with E-state index in [0.717, 1.165) is 18.9 Å². The zero-order chi connectivity index (χ0) is 26.3. The molecule has 1 aliphatic rings. The third kappa shape index (κ3) is 6.87. The van der Waals surface area contributed by atoms with Gasteiger partial charge in [0, 0.05) is 30.6 Å². The van der Waals surface area contributed by atoms with Gasteiger partial charge in [0.2, 0.25) is 0 Å². The second kappa shape index (κ2) is 11.6. The van der Waals surface area contributed by atoms with Gasteiger partial charge < -0.3 is 25.3 Å². The van der Waals surface area contributed by atoms with Crippen LogP contribution in [0, 0.1) is 0 Å². The van der Waals surface area contributed by atoms with Gasteiger partial charge in [-0.15, -0.1) is 0 Å². The van der Waals surface area contributed by atoms with Crippen LogP contribution in [0.25, 0.3) is 0 Å².